The maximum atomic E-state index is 10.7. The van der Waals surface area contributed by atoms with Gasteiger partial charge in [-0.1, -0.05) is 0 Å². The van der Waals surface area contributed by atoms with E-state index in [0.717, 1.165) is 12.8 Å². The Morgan fingerprint density at radius 3 is 2.50 bits per heavy atom. The third kappa shape index (κ3) is 2.66. The Labute approximate surface area is 61.5 Å². The average Bonchev–Trinajstić information content (AvgIpc) is 2.66. The molecule has 10 heavy (non-hydrogen) atoms. The van der Waals surface area contributed by atoms with Crippen LogP contribution in [-0.4, -0.2) is 20.8 Å². The lowest BCUT2D eigenvalue weighted by Gasteiger charge is -1.99. The maximum Gasteiger partial charge on any atom is 0.267 e. The van der Waals surface area contributed by atoms with Crippen molar-refractivity contribution in [2.45, 2.75) is 19.8 Å². The minimum Gasteiger partial charge on any atom is -0.270 e. The Morgan fingerprint density at radius 2 is 2.10 bits per heavy atom. The molecule has 0 spiro atoms. The van der Waals surface area contributed by atoms with Crippen LogP contribution in [0.15, 0.2) is 0 Å². The van der Waals surface area contributed by atoms with E-state index in [1.54, 1.807) is 6.92 Å². The highest BCUT2D eigenvalue weighted by atomic mass is 32.2. The summed E-state index contributed by atoms with van der Waals surface area (Å²) >= 11 is 0. The van der Waals surface area contributed by atoms with E-state index in [0.29, 0.717) is 12.5 Å². The quantitative estimate of drug-likeness (QED) is 0.576. The Hall–Kier alpha value is -0.0900. The summed E-state index contributed by atoms with van der Waals surface area (Å²) in [6.45, 7) is 1.98. The lowest BCUT2D eigenvalue weighted by molar-refractivity contribution is 0.303. The van der Waals surface area contributed by atoms with Crippen LogP contribution in [-0.2, 0) is 14.3 Å². The van der Waals surface area contributed by atoms with Gasteiger partial charge in [-0.3, -0.25) is 4.18 Å². The molecular formula is C6H12O3S. The molecule has 3 nitrogen and oxygen atoms in total. The van der Waals surface area contributed by atoms with Crippen LogP contribution in [0.4, 0.5) is 0 Å². The van der Waals surface area contributed by atoms with Crippen LogP contribution in [0.25, 0.3) is 0 Å². The second-order valence-electron chi connectivity index (χ2n) is 2.57. The van der Waals surface area contributed by atoms with Gasteiger partial charge in [0.25, 0.3) is 10.1 Å². The van der Waals surface area contributed by atoms with E-state index in [1.807, 2.05) is 0 Å². The molecule has 0 bridgehead atoms. The zero-order valence-corrected chi connectivity index (χ0v) is 6.86. The molecule has 1 rings (SSSR count). The summed E-state index contributed by atoms with van der Waals surface area (Å²) in [4.78, 5) is 0. The molecule has 0 amide bonds. The molecule has 0 N–H and O–H groups in total. The minimum absolute atomic E-state index is 0.0831. The smallest absolute Gasteiger partial charge is 0.267 e. The molecule has 0 aromatic rings. The van der Waals surface area contributed by atoms with Gasteiger partial charge >= 0.3 is 0 Å². The van der Waals surface area contributed by atoms with E-state index in [1.165, 1.54) is 0 Å². The molecule has 0 heterocycles. The van der Waals surface area contributed by atoms with Crippen LogP contribution in [0.2, 0.25) is 0 Å². The lowest BCUT2D eigenvalue weighted by Crippen LogP contribution is -2.09. The molecule has 0 unspecified atom stereocenters. The SMILES string of the molecule is CCS(=O)(=O)OCC1CC1. The fourth-order valence-electron chi connectivity index (χ4n) is 0.568. The van der Waals surface area contributed by atoms with Crippen molar-refractivity contribution >= 4 is 10.1 Å². The van der Waals surface area contributed by atoms with Crippen LogP contribution in [0.1, 0.15) is 19.8 Å². The van der Waals surface area contributed by atoms with Crippen LogP contribution in [0.3, 0.4) is 0 Å². The molecular weight excluding hydrogens is 152 g/mol. The van der Waals surface area contributed by atoms with Gasteiger partial charge in [-0.2, -0.15) is 8.42 Å². The molecule has 1 saturated carbocycles. The molecule has 0 aromatic heterocycles. The van der Waals surface area contributed by atoms with E-state index in [-0.39, 0.29) is 5.75 Å². The second kappa shape index (κ2) is 2.88. The molecule has 0 aliphatic heterocycles. The highest BCUT2D eigenvalue weighted by molar-refractivity contribution is 7.86. The molecule has 0 atom stereocenters. The third-order valence-corrected chi connectivity index (χ3v) is 2.74. The monoisotopic (exact) mass is 164 g/mol. The van der Waals surface area contributed by atoms with Crippen LogP contribution in [0.5, 0.6) is 0 Å². The summed E-state index contributed by atoms with van der Waals surface area (Å²) in [7, 11) is -3.17. The molecule has 0 radical (unpaired) electrons. The van der Waals surface area contributed by atoms with Crippen molar-refractivity contribution in [2.24, 2.45) is 5.92 Å². The highest BCUT2D eigenvalue weighted by Gasteiger charge is 2.23. The summed E-state index contributed by atoms with van der Waals surface area (Å²) < 4.78 is 26.1. The first-order chi connectivity index (χ1) is 4.64. The molecule has 60 valence electrons. The second-order valence-corrected chi connectivity index (χ2v) is 4.50. The predicted octanol–water partition coefficient (Wildman–Crippen LogP) is 0.763. The van der Waals surface area contributed by atoms with E-state index in [9.17, 15) is 8.42 Å². The molecule has 1 fully saturated rings. The van der Waals surface area contributed by atoms with Gasteiger partial charge in [-0.15, -0.1) is 0 Å². The number of rotatable bonds is 4. The van der Waals surface area contributed by atoms with Gasteiger partial charge in [0.2, 0.25) is 0 Å². The van der Waals surface area contributed by atoms with E-state index >= 15 is 0 Å². The van der Waals surface area contributed by atoms with Crippen molar-refractivity contribution in [3.05, 3.63) is 0 Å². The van der Waals surface area contributed by atoms with Gasteiger partial charge < -0.3 is 0 Å². The summed E-state index contributed by atoms with van der Waals surface area (Å²) in [6, 6.07) is 0. The highest BCUT2D eigenvalue weighted by Crippen LogP contribution is 2.29. The molecule has 1 aliphatic carbocycles. The molecule has 4 heteroatoms. The Kier molecular flexibility index (Phi) is 2.31. The van der Waals surface area contributed by atoms with Crippen molar-refractivity contribution in [2.75, 3.05) is 12.4 Å². The Balaban J connectivity index is 2.22. The van der Waals surface area contributed by atoms with Gasteiger partial charge in [-0.25, -0.2) is 0 Å². The van der Waals surface area contributed by atoms with E-state index in [2.05, 4.69) is 4.18 Å². The molecule has 0 saturated heterocycles. The summed E-state index contributed by atoms with van der Waals surface area (Å²) in [6.07, 6.45) is 2.25. The molecule has 0 aromatic carbocycles. The Bertz CT molecular complexity index is 191. The van der Waals surface area contributed by atoms with Crippen molar-refractivity contribution in [1.82, 2.24) is 0 Å². The van der Waals surface area contributed by atoms with E-state index in [4.69, 9.17) is 0 Å². The number of hydrogen-bond acceptors (Lipinski definition) is 3. The minimum atomic E-state index is -3.17. The zero-order valence-electron chi connectivity index (χ0n) is 6.04. The van der Waals surface area contributed by atoms with Crippen LogP contribution >= 0.6 is 0 Å². The summed E-state index contributed by atoms with van der Waals surface area (Å²) in [5, 5.41) is 0. The van der Waals surface area contributed by atoms with Crippen molar-refractivity contribution in [1.29, 1.82) is 0 Å². The first kappa shape index (κ1) is 8.01. The average molecular weight is 164 g/mol. The fraction of sp³-hybridized carbons (Fsp3) is 1.00. The van der Waals surface area contributed by atoms with Gasteiger partial charge in [0.1, 0.15) is 0 Å². The fourth-order valence-corrected chi connectivity index (χ4v) is 1.13. The number of hydrogen-bond donors (Lipinski definition) is 0. The summed E-state index contributed by atoms with van der Waals surface area (Å²) in [5.74, 6) is 0.598. The van der Waals surface area contributed by atoms with Gasteiger partial charge in [0.15, 0.2) is 0 Å². The first-order valence-electron chi connectivity index (χ1n) is 3.51. The lowest BCUT2D eigenvalue weighted by atomic mass is 10.5. The summed E-state index contributed by atoms with van der Waals surface area (Å²) in [5.41, 5.74) is 0. The zero-order chi connectivity index (χ0) is 7.61. The topological polar surface area (TPSA) is 43.4 Å². The van der Waals surface area contributed by atoms with E-state index < -0.39 is 10.1 Å². The van der Waals surface area contributed by atoms with Crippen LogP contribution < -0.4 is 0 Å². The van der Waals surface area contributed by atoms with Crippen LogP contribution in [0, 0.1) is 5.92 Å². The van der Waals surface area contributed by atoms with Gasteiger partial charge in [-0.05, 0) is 25.7 Å². The predicted molar refractivity (Wildman–Crippen MR) is 38.1 cm³/mol. The first-order valence-corrected chi connectivity index (χ1v) is 5.09. The standard InChI is InChI=1S/C6H12O3S/c1-2-10(7,8)9-5-6-3-4-6/h6H,2-5H2,1H3. The largest absolute Gasteiger partial charge is 0.270 e. The Morgan fingerprint density at radius 1 is 1.50 bits per heavy atom. The van der Waals surface area contributed by atoms with Gasteiger partial charge in [0.05, 0.1) is 12.4 Å². The maximum absolute atomic E-state index is 10.7. The van der Waals surface area contributed by atoms with Crippen molar-refractivity contribution in [3.63, 3.8) is 0 Å². The van der Waals surface area contributed by atoms with Gasteiger partial charge in [0, 0.05) is 0 Å². The van der Waals surface area contributed by atoms with Crippen molar-refractivity contribution < 1.29 is 12.6 Å². The molecule has 1 aliphatic rings. The third-order valence-electron chi connectivity index (χ3n) is 1.53. The normalized spacial score (nSPS) is 19.3. The van der Waals surface area contributed by atoms with Crippen molar-refractivity contribution in [3.8, 4) is 0 Å².